The lowest BCUT2D eigenvalue weighted by molar-refractivity contribution is 1.10. The maximum Gasteiger partial charge on any atom is 0.161 e. The summed E-state index contributed by atoms with van der Waals surface area (Å²) in [5.74, 6) is 0.751. The van der Waals surface area contributed by atoms with E-state index in [0.717, 1.165) is 33.6 Å². The lowest BCUT2D eigenvalue weighted by atomic mass is 10.0. The van der Waals surface area contributed by atoms with Crippen molar-refractivity contribution in [2.75, 3.05) is 0 Å². The first-order valence-electron chi connectivity index (χ1n) is 9.11. The molecule has 0 aliphatic carbocycles. The Hall–Kier alpha value is -3.46. The molecule has 0 radical (unpaired) electrons. The molecule has 2 aromatic carbocycles. The Morgan fingerprint density at radius 3 is 2.30 bits per heavy atom. The van der Waals surface area contributed by atoms with Crippen LogP contribution in [-0.4, -0.2) is 14.4 Å². The highest BCUT2D eigenvalue weighted by atomic mass is 15.0. The molecule has 0 aliphatic rings. The van der Waals surface area contributed by atoms with E-state index in [4.69, 9.17) is 4.98 Å². The van der Waals surface area contributed by atoms with Crippen LogP contribution in [0.1, 0.15) is 11.3 Å². The molecule has 0 aliphatic heterocycles. The van der Waals surface area contributed by atoms with Gasteiger partial charge in [0.15, 0.2) is 5.82 Å². The fraction of sp³-hybridized carbons (Fsp3) is 0.0833. The summed E-state index contributed by atoms with van der Waals surface area (Å²) in [6.45, 7) is 4.23. The van der Waals surface area contributed by atoms with Gasteiger partial charge in [-0.05, 0) is 31.5 Å². The molecule has 5 aromatic rings. The van der Waals surface area contributed by atoms with Crippen LogP contribution in [0, 0.1) is 13.8 Å². The second kappa shape index (κ2) is 6.06. The molecular weight excluding hydrogens is 330 g/mol. The van der Waals surface area contributed by atoms with E-state index >= 15 is 0 Å². The Morgan fingerprint density at radius 2 is 1.52 bits per heavy atom. The summed E-state index contributed by atoms with van der Waals surface area (Å²) in [7, 11) is 0. The van der Waals surface area contributed by atoms with Crippen molar-refractivity contribution in [1.29, 1.82) is 0 Å². The second-order valence-electron chi connectivity index (χ2n) is 6.93. The molecule has 130 valence electrons. The van der Waals surface area contributed by atoms with Gasteiger partial charge in [-0.15, -0.1) is 0 Å². The van der Waals surface area contributed by atoms with Crippen molar-refractivity contribution in [3.63, 3.8) is 0 Å². The quantitative estimate of drug-likeness (QED) is 0.401. The van der Waals surface area contributed by atoms with Crippen molar-refractivity contribution in [2.45, 2.75) is 13.8 Å². The van der Waals surface area contributed by atoms with E-state index in [0.29, 0.717) is 0 Å². The van der Waals surface area contributed by atoms with E-state index in [1.165, 1.54) is 16.7 Å². The van der Waals surface area contributed by atoms with Crippen LogP contribution in [0.3, 0.4) is 0 Å². The van der Waals surface area contributed by atoms with E-state index in [1.54, 1.807) is 0 Å². The summed E-state index contributed by atoms with van der Waals surface area (Å²) in [6, 6.07) is 25.2. The molecule has 0 N–H and O–H groups in total. The third-order valence-electron chi connectivity index (χ3n) is 5.06. The minimum atomic E-state index is 0.751. The molecule has 3 heterocycles. The smallest absolute Gasteiger partial charge is 0.161 e. The van der Waals surface area contributed by atoms with Crippen LogP contribution >= 0.6 is 0 Å². The molecule has 27 heavy (non-hydrogen) atoms. The second-order valence-corrected chi connectivity index (χ2v) is 6.93. The van der Waals surface area contributed by atoms with E-state index in [9.17, 15) is 0 Å². The SMILES string of the molecule is Cc1ccc(-c2c3cnc(-c4ccccc4)nc3n3c(C)cccc23)cc1. The van der Waals surface area contributed by atoms with Gasteiger partial charge in [-0.2, -0.15) is 0 Å². The predicted octanol–water partition coefficient (Wildman–Crippen LogP) is 5.83. The summed E-state index contributed by atoms with van der Waals surface area (Å²) in [5.41, 5.74) is 7.93. The van der Waals surface area contributed by atoms with Crippen molar-refractivity contribution in [2.24, 2.45) is 0 Å². The molecule has 0 fully saturated rings. The van der Waals surface area contributed by atoms with Crippen LogP contribution in [-0.2, 0) is 0 Å². The highest BCUT2D eigenvalue weighted by Gasteiger charge is 2.17. The molecule has 0 saturated heterocycles. The van der Waals surface area contributed by atoms with E-state index in [1.807, 2.05) is 36.5 Å². The van der Waals surface area contributed by atoms with Gasteiger partial charge in [0.05, 0.1) is 5.52 Å². The summed E-state index contributed by atoms with van der Waals surface area (Å²) in [5, 5.41) is 1.08. The third-order valence-corrected chi connectivity index (χ3v) is 5.06. The maximum atomic E-state index is 4.95. The van der Waals surface area contributed by atoms with Gasteiger partial charge in [0.1, 0.15) is 5.65 Å². The van der Waals surface area contributed by atoms with Crippen LogP contribution < -0.4 is 0 Å². The van der Waals surface area contributed by atoms with Crippen molar-refractivity contribution in [3.05, 3.63) is 90.3 Å². The fourth-order valence-corrected chi connectivity index (χ4v) is 3.70. The molecule has 0 spiro atoms. The maximum absolute atomic E-state index is 4.95. The zero-order chi connectivity index (χ0) is 18.4. The van der Waals surface area contributed by atoms with Crippen LogP contribution in [0.5, 0.6) is 0 Å². The number of aromatic nitrogens is 3. The number of aryl methyl sites for hydroxylation is 2. The van der Waals surface area contributed by atoms with Crippen molar-refractivity contribution < 1.29 is 0 Å². The minimum absolute atomic E-state index is 0.751. The topological polar surface area (TPSA) is 30.2 Å². The molecule has 0 unspecified atom stereocenters. The lowest BCUT2D eigenvalue weighted by Gasteiger charge is -2.04. The highest BCUT2D eigenvalue weighted by Crippen LogP contribution is 2.35. The van der Waals surface area contributed by atoms with Gasteiger partial charge in [0, 0.05) is 28.4 Å². The summed E-state index contributed by atoms with van der Waals surface area (Å²) < 4.78 is 2.23. The number of pyridine rings is 1. The van der Waals surface area contributed by atoms with Gasteiger partial charge in [0.25, 0.3) is 0 Å². The molecule has 0 atom stereocenters. The van der Waals surface area contributed by atoms with Gasteiger partial charge in [-0.25, -0.2) is 9.97 Å². The predicted molar refractivity (Wildman–Crippen MR) is 111 cm³/mol. The van der Waals surface area contributed by atoms with E-state index < -0.39 is 0 Å². The van der Waals surface area contributed by atoms with Gasteiger partial charge >= 0.3 is 0 Å². The van der Waals surface area contributed by atoms with Gasteiger partial charge in [-0.1, -0.05) is 66.2 Å². The van der Waals surface area contributed by atoms with Gasteiger partial charge in [-0.3, -0.25) is 4.40 Å². The monoisotopic (exact) mass is 349 g/mol. The number of benzene rings is 2. The zero-order valence-corrected chi connectivity index (χ0v) is 15.3. The summed E-state index contributed by atoms with van der Waals surface area (Å²) in [4.78, 5) is 9.63. The third kappa shape index (κ3) is 2.51. The molecule has 3 heteroatoms. The van der Waals surface area contributed by atoms with E-state index in [2.05, 4.69) is 65.7 Å². The molecule has 3 aromatic heterocycles. The van der Waals surface area contributed by atoms with Gasteiger partial charge in [0.2, 0.25) is 0 Å². The zero-order valence-electron chi connectivity index (χ0n) is 15.3. The average molecular weight is 349 g/mol. The molecule has 0 saturated carbocycles. The average Bonchev–Trinajstić information content (AvgIpc) is 3.04. The number of fused-ring (bicyclic) bond motifs is 3. The largest absolute Gasteiger partial charge is 0.298 e. The molecule has 3 nitrogen and oxygen atoms in total. The van der Waals surface area contributed by atoms with Crippen molar-refractivity contribution in [3.8, 4) is 22.5 Å². The molecular formula is C24H19N3. The highest BCUT2D eigenvalue weighted by molar-refractivity contribution is 6.04. The number of hydrogen-bond donors (Lipinski definition) is 0. The standard InChI is InChI=1S/C24H19N3/c1-16-11-13-18(14-12-16)22-20-15-25-23(19-8-4-3-5-9-19)26-24(20)27-17(2)7-6-10-21(22)27/h3-15H,1-2H3. The van der Waals surface area contributed by atoms with Crippen molar-refractivity contribution >= 4 is 16.6 Å². The Balaban J connectivity index is 1.87. The van der Waals surface area contributed by atoms with Crippen molar-refractivity contribution in [1.82, 2.24) is 14.4 Å². The minimum Gasteiger partial charge on any atom is -0.298 e. The summed E-state index contributed by atoms with van der Waals surface area (Å²) in [6.07, 6.45) is 1.96. The first-order chi connectivity index (χ1) is 13.2. The number of hydrogen-bond acceptors (Lipinski definition) is 2. The molecule has 0 bridgehead atoms. The van der Waals surface area contributed by atoms with E-state index in [-0.39, 0.29) is 0 Å². The normalized spacial score (nSPS) is 11.3. The Labute approximate surface area is 158 Å². The molecule has 5 rings (SSSR count). The Kier molecular flexibility index (Phi) is 3.54. The Bertz CT molecular complexity index is 1270. The number of rotatable bonds is 2. The van der Waals surface area contributed by atoms with Crippen LogP contribution in [0.15, 0.2) is 79.0 Å². The number of nitrogens with zero attached hydrogens (tertiary/aromatic N) is 3. The van der Waals surface area contributed by atoms with Gasteiger partial charge < -0.3 is 0 Å². The van der Waals surface area contributed by atoms with Crippen LogP contribution in [0.2, 0.25) is 0 Å². The summed E-state index contributed by atoms with van der Waals surface area (Å²) >= 11 is 0. The van der Waals surface area contributed by atoms with Crippen LogP contribution in [0.25, 0.3) is 39.1 Å². The Morgan fingerprint density at radius 1 is 0.741 bits per heavy atom. The van der Waals surface area contributed by atoms with Crippen LogP contribution in [0.4, 0.5) is 0 Å². The lowest BCUT2D eigenvalue weighted by Crippen LogP contribution is -1.94. The first-order valence-corrected chi connectivity index (χ1v) is 9.11. The molecule has 0 amide bonds. The first kappa shape index (κ1) is 15.8. The fourth-order valence-electron chi connectivity index (χ4n) is 3.70.